The van der Waals surface area contributed by atoms with Gasteiger partial charge in [-0.15, -0.1) is 12.4 Å². The van der Waals surface area contributed by atoms with Gasteiger partial charge in [0.05, 0.1) is 52.3 Å². The predicted octanol–water partition coefficient (Wildman–Crippen LogP) is 11.9. The molecule has 4 atom stereocenters. The van der Waals surface area contributed by atoms with Crippen molar-refractivity contribution in [2.45, 2.75) is 106 Å². The van der Waals surface area contributed by atoms with Crippen molar-refractivity contribution in [2.75, 3.05) is 62.9 Å². The molecule has 0 aliphatic carbocycles. The molecule has 5 aromatic carbocycles. The van der Waals surface area contributed by atoms with Crippen molar-refractivity contribution >= 4 is 80.7 Å². The smallest absolute Gasteiger partial charge is 0.870 e. The largest absolute Gasteiger partial charge is 1.00 e. The summed E-state index contributed by atoms with van der Waals surface area (Å²) < 4.78 is 164. The maximum Gasteiger partial charge on any atom is 1.00 e. The van der Waals surface area contributed by atoms with E-state index in [4.69, 9.17) is 24.7 Å². The van der Waals surface area contributed by atoms with Crippen LogP contribution in [0.15, 0.2) is 69.6 Å². The van der Waals surface area contributed by atoms with E-state index >= 15 is 0 Å². The van der Waals surface area contributed by atoms with Gasteiger partial charge in [0.1, 0.15) is 6.54 Å². The van der Waals surface area contributed by atoms with Crippen LogP contribution in [0.2, 0.25) is 0 Å². The Hall–Kier alpha value is -5.37. The van der Waals surface area contributed by atoms with Crippen molar-refractivity contribution in [3.05, 3.63) is 172 Å². The van der Waals surface area contributed by atoms with E-state index in [-0.39, 0.29) is 127 Å². The van der Waals surface area contributed by atoms with Crippen molar-refractivity contribution < 1.29 is 141 Å². The summed E-state index contributed by atoms with van der Waals surface area (Å²) in [5, 5.41) is 0. The van der Waals surface area contributed by atoms with Gasteiger partial charge in [-0.05, 0) is 151 Å². The first-order valence-electron chi connectivity index (χ1n) is 26.1. The van der Waals surface area contributed by atoms with E-state index in [2.05, 4.69) is 46.1 Å². The van der Waals surface area contributed by atoms with Gasteiger partial charge >= 0.3 is 47.5 Å². The molecule has 3 N–H and O–H groups in total. The molecule has 0 aliphatic rings. The third kappa shape index (κ3) is 32.7. The number of halogens is 13. The Bertz CT molecular complexity index is 3110. The van der Waals surface area contributed by atoms with Gasteiger partial charge in [-0.3, -0.25) is 28.8 Å². The van der Waals surface area contributed by atoms with Crippen molar-refractivity contribution in [3.8, 4) is 0 Å². The van der Waals surface area contributed by atoms with Crippen molar-refractivity contribution in [1.82, 2.24) is 4.90 Å². The normalized spacial score (nSPS) is 11.4. The third-order valence-electron chi connectivity index (χ3n) is 12.3. The summed E-state index contributed by atoms with van der Waals surface area (Å²) in [5.41, 5.74) is 7.25. The van der Waals surface area contributed by atoms with E-state index < -0.39 is 81.8 Å². The molecule has 5 aromatic rings. The van der Waals surface area contributed by atoms with Gasteiger partial charge in [-0.1, -0.05) is 44.1 Å². The molecular weight excluding hydrogens is 1400 g/mol. The van der Waals surface area contributed by atoms with E-state index in [0.29, 0.717) is 63.3 Å². The summed E-state index contributed by atoms with van der Waals surface area (Å²) in [4.78, 5) is 67.2. The Morgan fingerprint density at radius 3 is 1.21 bits per heavy atom. The van der Waals surface area contributed by atoms with Crippen LogP contribution in [-0.2, 0) is 65.3 Å². The molecule has 0 fully saturated rings. The van der Waals surface area contributed by atoms with Gasteiger partial charge in [0.15, 0.2) is 70.7 Å². The molecule has 0 bridgehead atoms. The summed E-state index contributed by atoms with van der Waals surface area (Å²) in [5.74, 6) is -11.1. The first kappa shape index (κ1) is 95.3. The van der Waals surface area contributed by atoms with Crippen LogP contribution in [-0.4, -0.2) is 110 Å². The number of aryl methyl sites for hydroxylation is 1. The quantitative estimate of drug-likeness (QED) is 0.0203. The summed E-state index contributed by atoms with van der Waals surface area (Å²) in [6.07, 6.45) is 0.625. The fourth-order valence-corrected chi connectivity index (χ4v) is 8.09. The number of carbonyl (C=O) groups is 6. The van der Waals surface area contributed by atoms with Gasteiger partial charge in [0, 0.05) is 66.9 Å². The number of amides is 1. The Morgan fingerprint density at radius 2 is 0.826 bits per heavy atom. The second-order valence-electron chi connectivity index (χ2n) is 19.3. The van der Waals surface area contributed by atoms with Gasteiger partial charge in [-0.2, -0.15) is 0 Å². The molecule has 0 heterocycles. The third-order valence-corrected chi connectivity index (χ3v) is 13.6. The number of aldehydes is 2. The Morgan fingerprint density at radius 1 is 0.500 bits per heavy atom. The maximum absolute atomic E-state index is 13.7. The average molecular weight is 1480 g/mol. The average Bonchev–Trinajstić information content (AvgIpc) is 0.862. The molecule has 0 saturated carbocycles. The van der Waals surface area contributed by atoms with Crippen LogP contribution in [0.25, 0.3) is 0 Å². The number of methoxy groups -OCH3 is 7. The number of esters is 3. The minimum atomic E-state index is -1.03. The second kappa shape index (κ2) is 48.3. The van der Waals surface area contributed by atoms with Crippen LogP contribution in [0.3, 0.4) is 0 Å². The summed E-state index contributed by atoms with van der Waals surface area (Å²) in [6.45, 7) is 11.6. The first-order chi connectivity index (χ1) is 41.1. The number of hydrogen-bond acceptors (Lipinski definition) is 15. The van der Waals surface area contributed by atoms with Crippen LogP contribution >= 0.6 is 44.3 Å². The van der Waals surface area contributed by atoms with Crippen LogP contribution in [0.5, 0.6) is 0 Å². The number of benzene rings is 5. The topological polar surface area (TPSA) is 226 Å². The first-order valence-corrected chi connectivity index (χ1v) is 27.7. The molecule has 5 rings (SSSR count). The van der Waals surface area contributed by atoms with E-state index in [1.54, 1.807) is 48.5 Å². The summed E-state index contributed by atoms with van der Waals surface area (Å²) >= 11 is 6.04. The minimum Gasteiger partial charge on any atom is -0.870 e. The maximum atomic E-state index is 13.7. The zero-order valence-corrected chi connectivity index (χ0v) is 58.7. The monoisotopic (exact) mass is 1480 g/mol. The van der Waals surface area contributed by atoms with Gasteiger partial charge in [0.2, 0.25) is 5.91 Å². The number of ether oxygens (including phenoxy) is 7. The molecule has 512 valence electrons. The van der Waals surface area contributed by atoms with Gasteiger partial charge in [-0.25, -0.2) is 43.9 Å². The van der Waals surface area contributed by atoms with Crippen LogP contribution in [0.1, 0.15) is 147 Å². The van der Waals surface area contributed by atoms with E-state index in [9.17, 15) is 72.7 Å². The SMILES string of the molecule is C.COC(=O)CCCc1cc(F)c(F)cc1C(C)OC.COC(=O)CN.COC(=O)CN(Cc1cc(F)c(F)cc1C(C)OC)C(=O)C(C)(C)C.COC(C)c1cc(F)c(F)cc1Br.COC(C)c1cc(F)c(F)cc1C=O.Cl.O=Cc1cc(F)c(F)cc1Br.[Na+].[OH-]. The summed E-state index contributed by atoms with van der Waals surface area (Å²) in [6, 6.07) is 10.2. The number of nitrogens with zero attached hydrogens (tertiary/aromatic N) is 1. The van der Waals surface area contributed by atoms with Gasteiger partial charge in [0.25, 0.3) is 0 Å². The van der Waals surface area contributed by atoms with Crippen LogP contribution in [0.4, 0.5) is 43.9 Å². The number of carbonyl (C=O) groups excluding carboxylic acids is 6. The van der Waals surface area contributed by atoms with E-state index in [0.717, 1.165) is 60.7 Å². The summed E-state index contributed by atoms with van der Waals surface area (Å²) in [7, 11) is 9.73. The molecule has 0 aromatic heterocycles. The molecule has 4 unspecified atom stereocenters. The van der Waals surface area contributed by atoms with Crippen LogP contribution in [0, 0.1) is 63.6 Å². The second-order valence-corrected chi connectivity index (χ2v) is 21.1. The standard InChI is InChI=1S/C18H25F2NO4.C14H18F2O3.C10H10F2O2.C9H9BrF2O.C7H3BrF2O.C3H7NO2.CH4.ClH.Na.H2O/c1-11(24-5)13-8-15(20)14(19)7-12(13)9-21(10-16(22)25-6)17(23)18(2,3)4;1-9(18-2)11-8-13(16)12(15)7-10(11)5-4-6-14(17)19-3;1-6(14-2)8-4-10(12)9(11)3-7(8)5-13;1-5(13-2)6-3-8(11)9(12)4-7(6)10;8-5-2-7(10)6(9)1-4(5)3-11;1-6-3(5)2-4;;;;/h7-8,11H,9-10H2,1-6H3;7-9H,4-6H2,1-3H3;3-6H,1-2H3;3-5H,1-2H3;1-3H;2,4H2,1H3;1H4;1H;;1H2/q;;;;;;;;+1;/p-1. The Kier molecular flexibility index (Phi) is 50.1. The fraction of sp³-hybridized carbons (Fsp3) is 0.419. The molecule has 0 saturated heterocycles. The van der Waals surface area contributed by atoms with Crippen LogP contribution < -0.4 is 35.3 Å². The minimum absolute atomic E-state index is 0. The molecule has 1 amide bonds. The zero-order valence-electron chi connectivity index (χ0n) is 52.7. The Labute approximate surface area is 575 Å². The molecule has 16 nitrogen and oxygen atoms in total. The molecular formula is C62H78Br2ClF10N2NaO14. The molecule has 0 spiro atoms. The molecule has 30 heteroatoms. The fourth-order valence-electron chi connectivity index (χ4n) is 7.04. The number of rotatable bonds is 19. The van der Waals surface area contributed by atoms with Gasteiger partial charge < -0.3 is 49.3 Å². The number of hydrogen-bond donors (Lipinski definition) is 1. The van der Waals surface area contributed by atoms with E-state index in [1.807, 2.05) is 0 Å². The van der Waals surface area contributed by atoms with Crippen molar-refractivity contribution in [1.29, 1.82) is 0 Å². The number of nitrogens with two attached hydrogens (primary N) is 1. The molecule has 92 heavy (non-hydrogen) atoms. The van der Waals surface area contributed by atoms with Crippen molar-refractivity contribution in [2.24, 2.45) is 11.1 Å². The predicted molar refractivity (Wildman–Crippen MR) is 328 cm³/mol. The Balaban J connectivity index is -0.000000340. The zero-order chi connectivity index (χ0) is 67.9. The molecule has 0 aliphatic heterocycles. The molecule has 0 radical (unpaired) electrons. The van der Waals surface area contributed by atoms with Crippen molar-refractivity contribution in [3.63, 3.8) is 0 Å². The van der Waals surface area contributed by atoms with E-state index in [1.165, 1.54) is 54.7 Å².